The van der Waals surface area contributed by atoms with Crippen LogP contribution in [0.25, 0.3) is 0 Å². The Morgan fingerprint density at radius 1 is 1.33 bits per heavy atom. The van der Waals surface area contributed by atoms with Gasteiger partial charge in [0.15, 0.2) is 0 Å². The van der Waals surface area contributed by atoms with Crippen LogP contribution in [0.1, 0.15) is 40.0 Å². The molecule has 2 aliphatic heterocycles. The summed E-state index contributed by atoms with van der Waals surface area (Å²) in [6.07, 6.45) is 2.38. The topological polar surface area (TPSA) is 80.0 Å². The maximum Gasteiger partial charge on any atom is 0.216 e. The molecule has 0 amide bonds. The highest BCUT2D eigenvalue weighted by Crippen LogP contribution is 2.21. The monoisotopic (exact) mass is 301 g/mol. The van der Waals surface area contributed by atoms with E-state index in [9.17, 15) is 5.11 Å². The fraction of sp³-hybridized carbons (Fsp3) is 1.00. The van der Waals surface area contributed by atoms with E-state index >= 15 is 0 Å². The fourth-order valence-electron chi connectivity index (χ4n) is 2.94. The van der Waals surface area contributed by atoms with E-state index in [0.717, 1.165) is 38.9 Å². The molecular weight excluding hydrogens is 270 g/mol. The first-order valence-corrected chi connectivity index (χ1v) is 8.07. The van der Waals surface area contributed by atoms with Gasteiger partial charge in [-0.1, -0.05) is 0 Å². The minimum atomic E-state index is -0.863. The van der Waals surface area contributed by atoms with Gasteiger partial charge in [-0.2, -0.15) is 0 Å². The highest BCUT2D eigenvalue weighted by Gasteiger charge is 2.31. The Morgan fingerprint density at radius 3 is 2.76 bits per heavy atom. The second-order valence-electron chi connectivity index (χ2n) is 7.15. The molecule has 2 aliphatic rings. The second-order valence-corrected chi connectivity index (χ2v) is 7.15. The van der Waals surface area contributed by atoms with E-state index in [4.69, 9.17) is 15.2 Å². The first-order chi connectivity index (χ1) is 9.85. The molecule has 0 saturated carbocycles. The van der Waals surface area contributed by atoms with E-state index in [1.54, 1.807) is 0 Å². The largest absolute Gasteiger partial charge is 0.372 e. The molecule has 2 rings (SSSR count). The minimum Gasteiger partial charge on any atom is -0.372 e. The lowest BCUT2D eigenvalue weighted by molar-refractivity contribution is -0.250. The minimum absolute atomic E-state index is 0.0601. The molecule has 0 aromatic rings. The van der Waals surface area contributed by atoms with Crippen LogP contribution in [-0.4, -0.2) is 66.5 Å². The van der Waals surface area contributed by atoms with Crippen LogP contribution >= 0.6 is 0 Å². The third-order valence-corrected chi connectivity index (χ3v) is 4.01. The van der Waals surface area contributed by atoms with Crippen molar-refractivity contribution in [3.63, 3.8) is 0 Å². The Labute approximate surface area is 128 Å². The molecule has 0 aliphatic carbocycles. The summed E-state index contributed by atoms with van der Waals surface area (Å²) in [5.41, 5.74) is 5.74. The van der Waals surface area contributed by atoms with Gasteiger partial charge in [0.25, 0.3) is 0 Å². The zero-order valence-corrected chi connectivity index (χ0v) is 13.5. The van der Waals surface area contributed by atoms with Crippen molar-refractivity contribution < 1.29 is 14.6 Å². The lowest BCUT2D eigenvalue weighted by Gasteiger charge is -2.40. The Kier molecular flexibility index (Phi) is 5.99. The Morgan fingerprint density at radius 2 is 2.10 bits per heavy atom. The van der Waals surface area contributed by atoms with Gasteiger partial charge in [-0.3, -0.25) is 4.90 Å². The van der Waals surface area contributed by atoms with Gasteiger partial charge in [-0.15, -0.1) is 0 Å². The summed E-state index contributed by atoms with van der Waals surface area (Å²) in [6.45, 7) is 9.16. The van der Waals surface area contributed by atoms with Crippen molar-refractivity contribution in [1.29, 1.82) is 0 Å². The number of ether oxygens (including phenoxy) is 2. The maximum absolute atomic E-state index is 10.2. The Balaban J connectivity index is 1.82. The predicted molar refractivity (Wildman–Crippen MR) is 81.8 cm³/mol. The maximum atomic E-state index is 10.2. The van der Waals surface area contributed by atoms with Gasteiger partial charge in [0, 0.05) is 25.7 Å². The van der Waals surface area contributed by atoms with E-state index < -0.39 is 6.41 Å². The number of rotatable bonds is 4. The van der Waals surface area contributed by atoms with Crippen molar-refractivity contribution in [3.05, 3.63) is 0 Å². The van der Waals surface area contributed by atoms with Crippen molar-refractivity contribution in [1.82, 2.24) is 10.2 Å². The molecule has 0 radical (unpaired) electrons. The number of aliphatic hydroxyl groups excluding tert-OH is 1. The summed E-state index contributed by atoms with van der Waals surface area (Å²) in [5.74, 6) is 0. The summed E-state index contributed by atoms with van der Waals surface area (Å²) in [7, 11) is 0. The van der Waals surface area contributed by atoms with Crippen molar-refractivity contribution in [2.75, 3.05) is 26.2 Å². The molecule has 2 heterocycles. The zero-order chi connectivity index (χ0) is 15.5. The molecular formula is C15H31N3O3. The van der Waals surface area contributed by atoms with E-state index in [0.29, 0.717) is 6.54 Å². The number of aliphatic hydroxyl groups is 1. The predicted octanol–water partition coefficient (Wildman–Crippen LogP) is 0.248. The average Bonchev–Trinajstić information content (AvgIpc) is 2.40. The highest BCUT2D eigenvalue weighted by molar-refractivity contribution is 4.84. The molecule has 6 nitrogen and oxygen atoms in total. The zero-order valence-electron chi connectivity index (χ0n) is 13.5. The molecule has 6 heteroatoms. The van der Waals surface area contributed by atoms with Gasteiger partial charge in [-0.05, 0) is 46.6 Å². The molecule has 0 aromatic carbocycles. The molecule has 0 bridgehead atoms. The van der Waals surface area contributed by atoms with Gasteiger partial charge in [-0.25, -0.2) is 0 Å². The SMILES string of the molecule is CC(C)(C)OC(O)N1CCC[C@@H](OC2CCNCC2N)C1. The van der Waals surface area contributed by atoms with E-state index in [1.807, 2.05) is 25.7 Å². The number of piperidine rings is 2. The quantitative estimate of drug-likeness (QED) is 0.646. The number of nitrogens with two attached hydrogens (primary N) is 1. The smallest absolute Gasteiger partial charge is 0.216 e. The number of hydrogen-bond acceptors (Lipinski definition) is 6. The van der Waals surface area contributed by atoms with Crippen molar-refractivity contribution in [3.8, 4) is 0 Å². The molecule has 3 unspecified atom stereocenters. The van der Waals surface area contributed by atoms with Crippen LogP contribution < -0.4 is 11.1 Å². The molecule has 124 valence electrons. The fourth-order valence-corrected chi connectivity index (χ4v) is 2.94. The van der Waals surface area contributed by atoms with Crippen LogP contribution in [-0.2, 0) is 9.47 Å². The number of nitrogens with zero attached hydrogens (tertiary/aromatic N) is 1. The summed E-state index contributed by atoms with van der Waals surface area (Å²) >= 11 is 0. The van der Waals surface area contributed by atoms with Crippen molar-refractivity contribution >= 4 is 0 Å². The Bertz CT molecular complexity index is 322. The summed E-state index contributed by atoms with van der Waals surface area (Å²) in [5, 5.41) is 13.5. The first kappa shape index (κ1) is 17.1. The van der Waals surface area contributed by atoms with Crippen LogP contribution in [0.2, 0.25) is 0 Å². The van der Waals surface area contributed by atoms with Crippen molar-refractivity contribution in [2.45, 2.75) is 70.3 Å². The summed E-state index contributed by atoms with van der Waals surface area (Å²) in [4.78, 5) is 1.95. The van der Waals surface area contributed by atoms with Crippen molar-refractivity contribution in [2.24, 2.45) is 5.73 Å². The van der Waals surface area contributed by atoms with Crippen LogP contribution in [0, 0.1) is 0 Å². The van der Waals surface area contributed by atoms with E-state index in [2.05, 4.69) is 5.32 Å². The first-order valence-electron chi connectivity index (χ1n) is 8.07. The van der Waals surface area contributed by atoms with Gasteiger partial charge < -0.3 is 25.6 Å². The number of likely N-dealkylation sites (tertiary alicyclic amines) is 1. The van der Waals surface area contributed by atoms with E-state index in [-0.39, 0.29) is 23.9 Å². The highest BCUT2D eigenvalue weighted by atomic mass is 16.6. The summed E-state index contributed by atoms with van der Waals surface area (Å²) < 4.78 is 11.8. The molecule has 21 heavy (non-hydrogen) atoms. The van der Waals surface area contributed by atoms with Gasteiger partial charge in [0.1, 0.15) is 0 Å². The van der Waals surface area contributed by atoms with Crippen LogP contribution in [0.4, 0.5) is 0 Å². The van der Waals surface area contributed by atoms with Gasteiger partial charge in [0.05, 0.1) is 17.8 Å². The van der Waals surface area contributed by atoms with Crippen LogP contribution in [0.15, 0.2) is 0 Å². The molecule has 4 atom stereocenters. The second kappa shape index (κ2) is 7.35. The van der Waals surface area contributed by atoms with Gasteiger partial charge >= 0.3 is 0 Å². The number of hydrogen-bond donors (Lipinski definition) is 3. The third kappa shape index (κ3) is 5.47. The molecule has 0 spiro atoms. The molecule has 2 fully saturated rings. The van der Waals surface area contributed by atoms with Crippen LogP contribution in [0.3, 0.4) is 0 Å². The lowest BCUT2D eigenvalue weighted by Crippen LogP contribution is -2.54. The Hall–Kier alpha value is -0.240. The molecule has 2 saturated heterocycles. The summed E-state index contributed by atoms with van der Waals surface area (Å²) in [6, 6.07) is 0.0601. The lowest BCUT2D eigenvalue weighted by atomic mass is 10.0. The van der Waals surface area contributed by atoms with Crippen LogP contribution in [0.5, 0.6) is 0 Å². The normalized spacial score (nSPS) is 33.9. The van der Waals surface area contributed by atoms with Gasteiger partial charge in [0.2, 0.25) is 6.41 Å². The molecule has 4 N–H and O–H groups in total. The van der Waals surface area contributed by atoms with E-state index in [1.165, 1.54) is 0 Å². The third-order valence-electron chi connectivity index (χ3n) is 4.01. The number of nitrogens with one attached hydrogen (secondary N) is 1. The standard InChI is InChI=1S/C15H31N3O3/c1-15(2,3)21-14(19)18-8-4-5-11(10-18)20-13-6-7-17-9-12(13)16/h11-14,17,19H,4-10,16H2,1-3H3/t11-,12?,13?,14?/m1/s1. The molecule has 0 aromatic heterocycles. The average molecular weight is 301 g/mol.